The van der Waals surface area contributed by atoms with Gasteiger partial charge < -0.3 is 15.4 Å². The molecule has 0 spiro atoms. The molecule has 0 aromatic heterocycles. The smallest absolute Gasteiger partial charge is 0.240 e. The lowest BCUT2D eigenvalue weighted by atomic mass is 10.1. The summed E-state index contributed by atoms with van der Waals surface area (Å²) in [6.07, 6.45) is 1.12. The molecule has 1 rings (SSSR count). The molecule has 1 aromatic rings. The van der Waals surface area contributed by atoms with Crippen molar-refractivity contribution in [3.8, 4) is 0 Å². The number of benzene rings is 1. The Morgan fingerprint density at radius 1 is 1.47 bits per heavy atom. The van der Waals surface area contributed by atoms with Gasteiger partial charge in [-0.05, 0) is 11.6 Å². The third-order valence-corrected chi connectivity index (χ3v) is 2.20. The first-order valence-corrected chi connectivity index (χ1v) is 4.69. The maximum absolute atomic E-state index is 11.4. The van der Waals surface area contributed by atoms with Gasteiger partial charge in [0.05, 0.1) is 6.54 Å². The molecule has 80 valence electrons. The van der Waals surface area contributed by atoms with Crippen LogP contribution in [0, 0.1) is 0 Å². The number of hydrogen-bond acceptors (Lipinski definition) is 3. The van der Waals surface area contributed by atoms with Crippen LogP contribution in [0.5, 0.6) is 0 Å². The minimum absolute atomic E-state index is 0.0358. The number of rotatable bonds is 4. The van der Waals surface area contributed by atoms with E-state index in [4.69, 9.17) is 5.73 Å². The third-order valence-electron chi connectivity index (χ3n) is 2.20. The Labute approximate surface area is 88.7 Å². The third kappa shape index (κ3) is 2.63. The Morgan fingerprint density at radius 2 is 2.13 bits per heavy atom. The summed E-state index contributed by atoms with van der Waals surface area (Å²) in [6, 6.07) is 7.28. The van der Waals surface area contributed by atoms with Crippen molar-refractivity contribution < 1.29 is 9.59 Å². The Kier molecular flexibility index (Phi) is 4.00. The van der Waals surface area contributed by atoms with Gasteiger partial charge >= 0.3 is 0 Å². The molecule has 15 heavy (non-hydrogen) atoms. The van der Waals surface area contributed by atoms with Crippen LogP contribution >= 0.6 is 0 Å². The van der Waals surface area contributed by atoms with Gasteiger partial charge in [0.2, 0.25) is 5.91 Å². The summed E-state index contributed by atoms with van der Waals surface area (Å²) in [6.45, 7) is -0.0358. The van der Waals surface area contributed by atoms with Crippen molar-refractivity contribution in [2.75, 3.05) is 18.5 Å². The van der Waals surface area contributed by atoms with Gasteiger partial charge in [0.1, 0.15) is 6.29 Å². The van der Waals surface area contributed by atoms with Crippen LogP contribution in [0.3, 0.4) is 0 Å². The second kappa shape index (κ2) is 5.26. The van der Waals surface area contributed by atoms with Crippen molar-refractivity contribution in [1.82, 2.24) is 0 Å². The average molecular weight is 206 g/mol. The van der Waals surface area contributed by atoms with E-state index in [-0.39, 0.29) is 12.5 Å². The second-order valence-electron chi connectivity index (χ2n) is 3.16. The number of nitrogens with zero attached hydrogens (tertiary/aromatic N) is 1. The number of nitrogens with two attached hydrogens (primary N) is 1. The molecule has 1 amide bonds. The molecule has 0 aliphatic rings. The normalized spacial score (nSPS) is 9.73. The molecule has 0 aliphatic heterocycles. The van der Waals surface area contributed by atoms with E-state index in [0.717, 1.165) is 17.5 Å². The molecule has 1 aromatic carbocycles. The lowest BCUT2D eigenvalue weighted by Crippen LogP contribution is -2.33. The molecule has 4 heteroatoms. The van der Waals surface area contributed by atoms with Crippen LogP contribution in [0.2, 0.25) is 0 Å². The lowest BCUT2D eigenvalue weighted by molar-refractivity contribution is -0.117. The van der Waals surface area contributed by atoms with Crippen LogP contribution < -0.4 is 10.6 Å². The summed E-state index contributed by atoms with van der Waals surface area (Å²) in [5, 5.41) is 0. The molecule has 0 bridgehead atoms. The molecular formula is C11H14N2O2. The monoisotopic (exact) mass is 206 g/mol. The lowest BCUT2D eigenvalue weighted by Gasteiger charge is -2.19. The first-order valence-electron chi connectivity index (χ1n) is 4.69. The zero-order valence-electron chi connectivity index (χ0n) is 8.64. The molecule has 0 aliphatic carbocycles. The van der Waals surface area contributed by atoms with Crippen LogP contribution in [0.4, 0.5) is 5.69 Å². The molecule has 2 N–H and O–H groups in total. The number of carbonyl (C=O) groups excluding carboxylic acids is 2. The van der Waals surface area contributed by atoms with Crippen LogP contribution in [-0.2, 0) is 16.0 Å². The molecule has 0 fully saturated rings. The first kappa shape index (κ1) is 11.4. The number of hydrogen-bond donors (Lipinski definition) is 1. The summed E-state index contributed by atoms with van der Waals surface area (Å²) < 4.78 is 0. The minimum atomic E-state index is -0.173. The predicted octanol–water partition coefficient (Wildman–Crippen LogP) is 0.349. The van der Waals surface area contributed by atoms with Gasteiger partial charge in [0.25, 0.3) is 0 Å². The quantitative estimate of drug-likeness (QED) is 0.723. The van der Waals surface area contributed by atoms with Crippen molar-refractivity contribution in [3.63, 3.8) is 0 Å². The first-order chi connectivity index (χ1) is 7.20. The molecule has 0 heterocycles. The molecule has 0 unspecified atom stereocenters. The van der Waals surface area contributed by atoms with E-state index in [9.17, 15) is 9.59 Å². The molecule has 0 saturated heterocycles. The summed E-state index contributed by atoms with van der Waals surface area (Å²) in [5.41, 5.74) is 6.84. The van der Waals surface area contributed by atoms with Crippen LogP contribution in [0.15, 0.2) is 24.3 Å². The van der Waals surface area contributed by atoms with Crippen molar-refractivity contribution in [1.29, 1.82) is 0 Å². The molecular weight excluding hydrogens is 192 g/mol. The largest absolute Gasteiger partial charge is 0.322 e. The Bertz CT molecular complexity index is 363. The number of para-hydroxylation sites is 1. The van der Waals surface area contributed by atoms with Gasteiger partial charge in [-0.3, -0.25) is 4.79 Å². The van der Waals surface area contributed by atoms with E-state index < -0.39 is 0 Å². The highest BCUT2D eigenvalue weighted by Gasteiger charge is 2.11. The zero-order valence-corrected chi connectivity index (χ0v) is 8.64. The van der Waals surface area contributed by atoms with Crippen molar-refractivity contribution in [2.45, 2.75) is 6.42 Å². The number of amides is 1. The summed E-state index contributed by atoms with van der Waals surface area (Å²) in [5.74, 6) is -0.173. The Balaban J connectivity index is 3.01. The minimum Gasteiger partial charge on any atom is -0.322 e. The van der Waals surface area contributed by atoms with Gasteiger partial charge in [0, 0.05) is 19.2 Å². The van der Waals surface area contributed by atoms with Gasteiger partial charge in [-0.15, -0.1) is 0 Å². The standard InChI is InChI=1S/C11H14N2O2/c1-13(11(15)8-12)10-5-3-2-4-9(10)6-7-14/h2-5,7H,6,8,12H2,1H3. The van der Waals surface area contributed by atoms with Crippen molar-refractivity contribution in [3.05, 3.63) is 29.8 Å². The maximum atomic E-state index is 11.4. The highest BCUT2D eigenvalue weighted by molar-refractivity contribution is 5.95. The topological polar surface area (TPSA) is 63.4 Å². The highest BCUT2D eigenvalue weighted by Crippen LogP contribution is 2.18. The van der Waals surface area contributed by atoms with Crippen molar-refractivity contribution >= 4 is 17.9 Å². The van der Waals surface area contributed by atoms with E-state index in [1.54, 1.807) is 13.1 Å². The average Bonchev–Trinajstić information content (AvgIpc) is 2.28. The van der Waals surface area contributed by atoms with Gasteiger partial charge in [-0.1, -0.05) is 18.2 Å². The molecule has 0 atom stereocenters. The van der Waals surface area contributed by atoms with E-state index in [1.807, 2.05) is 18.2 Å². The van der Waals surface area contributed by atoms with E-state index in [2.05, 4.69) is 0 Å². The summed E-state index contributed by atoms with van der Waals surface area (Å²) >= 11 is 0. The maximum Gasteiger partial charge on any atom is 0.240 e. The second-order valence-corrected chi connectivity index (χ2v) is 3.16. The Morgan fingerprint density at radius 3 is 2.73 bits per heavy atom. The number of anilines is 1. The number of aldehydes is 1. The predicted molar refractivity (Wildman–Crippen MR) is 58.7 cm³/mol. The fourth-order valence-corrected chi connectivity index (χ4v) is 1.37. The van der Waals surface area contributed by atoms with Crippen molar-refractivity contribution in [2.24, 2.45) is 5.73 Å². The zero-order chi connectivity index (χ0) is 11.3. The fraction of sp³-hybridized carbons (Fsp3) is 0.273. The SMILES string of the molecule is CN(C(=O)CN)c1ccccc1CC=O. The highest BCUT2D eigenvalue weighted by atomic mass is 16.2. The van der Waals surface area contributed by atoms with Crippen LogP contribution in [-0.4, -0.2) is 25.8 Å². The van der Waals surface area contributed by atoms with Crippen LogP contribution in [0.25, 0.3) is 0 Å². The number of likely N-dealkylation sites (N-methyl/N-ethyl adjacent to an activating group) is 1. The fourth-order valence-electron chi connectivity index (χ4n) is 1.37. The van der Waals surface area contributed by atoms with Gasteiger partial charge in [-0.25, -0.2) is 0 Å². The van der Waals surface area contributed by atoms with Crippen LogP contribution in [0.1, 0.15) is 5.56 Å². The van der Waals surface area contributed by atoms with Gasteiger partial charge in [-0.2, -0.15) is 0 Å². The van der Waals surface area contributed by atoms with E-state index in [0.29, 0.717) is 6.42 Å². The summed E-state index contributed by atoms with van der Waals surface area (Å²) in [7, 11) is 1.65. The summed E-state index contributed by atoms with van der Waals surface area (Å²) in [4.78, 5) is 23.3. The molecule has 4 nitrogen and oxygen atoms in total. The molecule has 0 radical (unpaired) electrons. The van der Waals surface area contributed by atoms with Gasteiger partial charge in [0.15, 0.2) is 0 Å². The Hall–Kier alpha value is -1.68. The molecule has 0 saturated carbocycles. The van der Waals surface area contributed by atoms with E-state index >= 15 is 0 Å². The van der Waals surface area contributed by atoms with E-state index in [1.165, 1.54) is 4.90 Å². The number of carbonyl (C=O) groups is 2.